The summed E-state index contributed by atoms with van der Waals surface area (Å²) in [5.41, 5.74) is 2.54. The Balaban J connectivity index is 1.93. The summed E-state index contributed by atoms with van der Waals surface area (Å²) >= 11 is 5.89. The molecule has 2 aromatic carbocycles. The summed E-state index contributed by atoms with van der Waals surface area (Å²) in [4.78, 5) is 8.23. The maximum Gasteiger partial charge on any atom is 0.224 e. The van der Waals surface area contributed by atoms with Crippen molar-refractivity contribution in [3.05, 3.63) is 83.3 Å². The molecule has 1 aromatic heterocycles. The third-order valence-corrected chi connectivity index (χ3v) is 3.09. The van der Waals surface area contributed by atoms with Crippen molar-refractivity contribution in [1.82, 2.24) is 9.97 Å². The second-order valence-corrected chi connectivity index (χ2v) is 4.85. The van der Waals surface area contributed by atoms with Gasteiger partial charge in [-0.25, -0.2) is 4.98 Å². The van der Waals surface area contributed by atoms with Gasteiger partial charge in [-0.05, 0) is 35.9 Å². The minimum absolute atomic E-state index is 0.184. The smallest absolute Gasteiger partial charge is 0.224 e. The van der Waals surface area contributed by atoms with E-state index in [-0.39, 0.29) is 5.28 Å². The van der Waals surface area contributed by atoms with Crippen LogP contribution in [-0.4, -0.2) is 9.97 Å². The molecule has 0 radical (unpaired) electrons. The van der Waals surface area contributed by atoms with Crippen molar-refractivity contribution in [2.75, 3.05) is 5.32 Å². The molecule has 0 aliphatic carbocycles. The molecular weight excluding hydrogens is 294 g/mol. The molecule has 1 N–H and O–H groups in total. The molecule has 0 saturated heterocycles. The Morgan fingerprint density at radius 3 is 2.27 bits per heavy atom. The number of hydrogen-bond donors (Lipinski definition) is 1. The van der Waals surface area contributed by atoms with Crippen molar-refractivity contribution < 1.29 is 0 Å². The summed E-state index contributed by atoms with van der Waals surface area (Å²) in [6, 6.07) is 19.5. The van der Waals surface area contributed by atoms with E-state index in [1.54, 1.807) is 6.20 Å². The van der Waals surface area contributed by atoms with Crippen LogP contribution >= 0.6 is 11.6 Å². The predicted octanol–water partition coefficient (Wildman–Crippen LogP) is 4.27. The summed E-state index contributed by atoms with van der Waals surface area (Å²) in [5, 5.41) is 3.40. The molecule has 3 nitrogen and oxygen atoms in total. The van der Waals surface area contributed by atoms with Crippen LogP contribution in [0.5, 0.6) is 0 Å². The van der Waals surface area contributed by atoms with Gasteiger partial charge in [0.05, 0.1) is 5.56 Å². The summed E-state index contributed by atoms with van der Waals surface area (Å²) in [6.07, 6.45) is 1.62. The van der Waals surface area contributed by atoms with Gasteiger partial charge in [0, 0.05) is 17.4 Å². The van der Waals surface area contributed by atoms with Crippen LogP contribution in [0.2, 0.25) is 5.28 Å². The summed E-state index contributed by atoms with van der Waals surface area (Å²) in [7, 11) is 0. The lowest BCUT2D eigenvalue weighted by molar-refractivity contribution is 1.16. The van der Waals surface area contributed by atoms with Crippen LogP contribution in [0.1, 0.15) is 11.1 Å². The molecule has 0 aliphatic heterocycles. The van der Waals surface area contributed by atoms with Gasteiger partial charge >= 0.3 is 0 Å². The normalized spacial score (nSPS) is 9.68. The van der Waals surface area contributed by atoms with Crippen molar-refractivity contribution in [1.29, 1.82) is 0 Å². The topological polar surface area (TPSA) is 37.8 Å². The van der Waals surface area contributed by atoms with Crippen molar-refractivity contribution in [3.63, 3.8) is 0 Å². The van der Waals surface area contributed by atoms with Crippen LogP contribution in [0.3, 0.4) is 0 Å². The lowest BCUT2D eigenvalue weighted by atomic mass is 10.2. The number of aromatic nitrogens is 2. The highest BCUT2D eigenvalue weighted by Crippen LogP contribution is 2.19. The minimum atomic E-state index is 0.184. The van der Waals surface area contributed by atoms with Crippen LogP contribution < -0.4 is 5.32 Å². The van der Waals surface area contributed by atoms with Crippen LogP contribution in [0.25, 0.3) is 0 Å². The fraction of sp³-hybridized carbons (Fsp3) is 0. The van der Waals surface area contributed by atoms with Gasteiger partial charge in [-0.3, -0.25) is 0 Å². The number of nitrogens with zero attached hydrogens (tertiary/aromatic N) is 2. The Kier molecular flexibility index (Phi) is 4.33. The van der Waals surface area contributed by atoms with Gasteiger partial charge < -0.3 is 5.32 Å². The van der Waals surface area contributed by atoms with Crippen LogP contribution in [0.4, 0.5) is 11.5 Å². The molecule has 0 aliphatic rings. The zero-order chi connectivity index (χ0) is 15.2. The first-order valence-corrected chi connectivity index (χ1v) is 7.11. The van der Waals surface area contributed by atoms with E-state index in [9.17, 15) is 0 Å². The van der Waals surface area contributed by atoms with Crippen LogP contribution in [-0.2, 0) is 0 Å². The van der Waals surface area contributed by atoms with Gasteiger partial charge in [-0.15, -0.1) is 0 Å². The van der Waals surface area contributed by atoms with Crippen molar-refractivity contribution >= 4 is 23.1 Å². The molecule has 0 fully saturated rings. The Labute approximate surface area is 134 Å². The summed E-state index contributed by atoms with van der Waals surface area (Å²) in [6.45, 7) is 0. The number of para-hydroxylation sites is 1. The largest absolute Gasteiger partial charge is 0.339 e. The fourth-order valence-corrected chi connectivity index (χ4v) is 2.00. The number of halogens is 1. The van der Waals surface area contributed by atoms with E-state index in [1.165, 1.54) is 0 Å². The number of rotatable bonds is 2. The third kappa shape index (κ3) is 3.63. The van der Waals surface area contributed by atoms with Gasteiger partial charge in [0.2, 0.25) is 5.28 Å². The first kappa shape index (κ1) is 14.1. The first-order valence-electron chi connectivity index (χ1n) is 6.73. The Bertz CT molecular complexity index is 821. The Morgan fingerprint density at radius 1 is 0.864 bits per heavy atom. The molecule has 3 rings (SSSR count). The van der Waals surface area contributed by atoms with E-state index in [4.69, 9.17) is 11.6 Å². The van der Waals surface area contributed by atoms with Crippen LogP contribution in [0, 0.1) is 11.8 Å². The Morgan fingerprint density at radius 2 is 1.55 bits per heavy atom. The molecule has 1 heterocycles. The molecule has 4 heteroatoms. The zero-order valence-electron chi connectivity index (χ0n) is 11.6. The Hall–Kier alpha value is -2.83. The van der Waals surface area contributed by atoms with Gasteiger partial charge in [0.15, 0.2) is 5.82 Å². The minimum Gasteiger partial charge on any atom is -0.339 e. The maximum atomic E-state index is 5.89. The number of anilines is 2. The highest BCUT2D eigenvalue weighted by Gasteiger charge is 2.04. The number of nitrogens with one attached hydrogen (secondary N) is 1. The average Bonchev–Trinajstić information content (AvgIpc) is 2.56. The average molecular weight is 306 g/mol. The maximum absolute atomic E-state index is 5.89. The van der Waals surface area contributed by atoms with Gasteiger partial charge in [0.25, 0.3) is 0 Å². The third-order valence-electron chi connectivity index (χ3n) is 2.91. The van der Waals surface area contributed by atoms with E-state index >= 15 is 0 Å². The molecule has 0 saturated carbocycles. The molecule has 22 heavy (non-hydrogen) atoms. The highest BCUT2D eigenvalue weighted by atomic mass is 35.5. The van der Waals surface area contributed by atoms with Crippen molar-refractivity contribution in [3.8, 4) is 11.8 Å². The fourth-order valence-electron chi connectivity index (χ4n) is 1.87. The second kappa shape index (κ2) is 6.75. The number of hydrogen-bond acceptors (Lipinski definition) is 3. The van der Waals surface area contributed by atoms with Crippen molar-refractivity contribution in [2.45, 2.75) is 0 Å². The highest BCUT2D eigenvalue weighted by molar-refractivity contribution is 6.28. The van der Waals surface area contributed by atoms with Gasteiger partial charge in [-0.2, -0.15) is 4.98 Å². The van der Waals surface area contributed by atoms with Gasteiger partial charge in [0.1, 0.15) is 0 Å². The molecule has 0 atom stereocenters. The SMILES string of the molecule is Clc1ncc(C#Cc2ccccc2)c(Nc2ccccc2)n1. The molecular formula is C18H12ClN3. The molecule has 0 unspecified atom stereocenters. The van der Waals surface area contributed by atoms with E-state index < -0.39 is 0 Å². The van der Waals surface area contributed by atoms with Gasteiger partial charge in [-0.1, -0.05) is 48.2 Å². The zero-order valence-corrected chi connectivity index (χ0v) is 12.4. The second-order valence-electron chi connectivity index (χ2n) is 4.51. The van der Waals surface area contributed by atoms with E-state index in [1.807, 2.05) is 60.7 Å². The molecule has 0 spiro atoms. The first-order chi connectivity index (χ1) is 10.8. The lowest BCUT2D eigenvalue weighted by Gasteiger charge is -2.07. The summed E-state index contributed by atoms with van der Waals surface area (Å²) in [5.74, 6) is 6.77. The molecule has 3 aromatic rings. The lowest BCUT2D eigenvalue weighted by Crippen LogP contribution is -1.98. The van der Waals surface area contributed by atoms with E-state index in [2.05, 4.69) is 27.1 Å². The quantitative estimate of drug-likeness (QED) is 0.567. The number of benzene rings is 2. The van der Waals surface area contributed by atoms with Crippen molar-refractivity contribution in [2.24, 2.45) is 0 Å². The predicted molar refractivity (Wildman–Crippen MR) is 89.2 cm³/mol. The molecule has 0 amide bonds. The molecule has 106 valence electrons. The standard InChI is InChI=1S/C18H12ClN3/c19-18-20-13-15(12-11-14-7-3-1-4-8-14)17(22-18)21-16-9-5-2-6-10-16/h1-10,13H,(H,20,21,22). The summed E-state index contributed by atoms with van der Waals surface area (Å²) < 4.78 is 0. The van der Waals surface area contributed by atoms with E-state index in [0.29, 0.717) is 11.4 Å². The monoisotopic (exact) mass is 305 g/mol. The van der Waals surface area contributed by atoms with E-state index in [0.717, 1.165) is 11.3 Å². The molecule has 0 bridgehead atoms. The van der Waals surface area contributed by atoms with Crippen LogP contribution in [0.15, 0.2) is 66.9 Å².